The summed E-state index contributed by atoms with van der Waals surface area (Å²) in [5.41, 5.74) is 2.20. The highest BCUT2D eigenvalue weighted by molar-refractivity contribution is 7.89. The number of hydrogen-bond acceptors (Lipinski definition) is 4. The van der Waals surface area contributed by atoms with Gasteiger partial charge in [0, 0.05) is 16.6 Å². The van der Waals surface area contributed by atoms with Crippen LogP contribution in [-0.2, 0) is 26.1 Å². The van der Waals surface area contributed by atoms with Crippen LogP contribution in [0, 0.1) is 6.92 Å². The number of nitrogens with zero attached hydrogens (tertiary/aromatic N) is 1. The highest BCUT2D eigenvalue weighted by atomic mass is 32.2. The highest BCUT2D eigenvalue weighted by Gasteiger charge is 2.32. The smallest absolute Gasteiger partial charge is 0.326 e. The van der Waals surface area contributed by atoms with Gasteiger partial charge in [-0.1, -0.05) is 18.2 Å². The number of aromatic nitrogens is 1. The molecule has 25 heavy (non-hydrogen) atoms. The summed E-state index contributed by atoms with van der Waals surface area (Å²) in [6, 6.07) is 7.49. The van der Waals surface area contributed by atoms with Crippen LogP contribution in [0.1, 0.15) is 44.5 Å². The van der Waals surface area contributed by atoms with Gasteiger partial charge in [-0.05, 0) is 45.7 Å². The van der Waals surface area contributed by atoms with Crippen LogP contribution in [0.25, 0.3) is 10.9 Å². The SMILES string of the molecule is Cc1c(C2CCS(=O)(=O)N2)c2ccccc2n1CC(=O)OC(C)(C)C. The van der Waals surface area contributed by atoms with Gasteiger partial charge >= 0.3 is 5.97 Å². The normalized spacial score (nSPS) is 20.1. The van der Waals surface area contributed by atoms with Crippen molar-refractivity contribution < 1.29 is 17.9 Å². The Kier molecular flexibility index (Phi) is 4.41. The van der Waals surface area contributed by atoms with Crippen molar-refractivity contribution in [1.82, 2.24) is 9.29 Å². The average molecular weight is 364 g/mol. The molecule has 1 fully saturated rings. The van der Waals surface area contributed by atoms with Crippen LogP contribution in [0.5, 0.6) is 0 Å². The molecule has 1 saturated heterocycles. The maximum atomic E-state index is 12.3. The standard InChI is InChI=1S/C18H24N2O4S/c1-12-17(14-9-10-25(22,23)19-14)13-7-5-6-8-15(13)20(12)11-16(21)24-18(2,3)4/h5-8,14,19H,9-11H2,1-4H3. The topological polar surface area (TPSA) is 77.4 Å². The van der Waals surface area contributed by atoms with E-state index < -0.39 is 15.6 Å². The lowest BCUT2D eigenvalue weighted by Crippen LogP contribution is -2.27. The molecular weight excluding hydrogens is 340 g/mol. The third kappa shape index (κ3) is 3.72. The first-order chi connectivity index (χ1) is 11.6. The Morgan fingerprint density at radius 1 is 1.32 bits per heavy atom. The van der Waals surface area contributed by atoms with Gasteiger partial charge in [0.15, 0.2) is 0 Å². The molecule has 0 spiro atoms. The van der Waals surface area contributed by atoms with Crippen molar-refractivity contribution in [2.45, 2.75) is 52.3 Å². The molecule has 3 rings (SSSR count). The fourth-order valence-electron chi connectivity index (χ4n) is 3.42. The van der Waals surface area contributed by atoms with Crippen molar-refractivity contribution in [2.75, 3.05) is 5.75 Å². The summed E-state index contributed by atoms with van der Waals surface area (Å²) in [5, 5.41) is 0.971. The van der Waals surface area contributed by atoms with Gasteiger partial charge in [-0.25, -0.2) is 13.1 Å². The maximum absolute atomic E-state index is 12.3. The van der Waals surface area contributed by atoms with E-state index in [0.29, 0.717) is 6.42 Å². The van der Waals surface area contributed by atoms with Crippen molar-refractivity contribution in [3.8, 4) is 0 Å². The lowest BCUT2D eigenvalue weighted by Gasteiger charge is -2.20. The van der Waals surface area contributed by atoms with Crippen molar-refractivity contribution in [2.24, 2.45) is 0 Å². The fraction of sp³-hybridized carbons (Fsp3) is 0.500. The van der Waals surface area contributed by atoms with E-state index >= 15 is 0 Å². The second-order valence-electron chi connectivity index (χ2n) is 7.47. The summed E-state index contributed by atoms with van der Waals surface area (Å²) in [4.78, 5) is 12.3. The Labute approximate surface area is 148 Å². The number of rotatable bonds is 3. The molecule has 2 heterocycles. The van der Waals surface area contributed by atoms with Crippen molar-refractivity contribution in [1.29, 1.82) is 0 Å². The van der Waals surface area contributed by atoms with Gasteiger partial charge in [0.2, 0.25) is 10.0 Å². The number of ether oxygens (including phenoxy) is 1. The predicted octanol–water partition coefficient (Wildman–Crippen LogP) is 2.66. The summed E-state index contributed by atoms with van der Waals surface area (Å²) in [7, 11) is -3.22. The zero-order valence-corrected chi connectivity index (χ0v) is 15.8. The molecule has 2 aromatic rings. The predicted molar refractivity (Wildman–Crippen MR) is 96.8 cm³/mol. The molecule has 0 saturated carbocycles. The maximum Gasteiger partial charge on any atom is 0.326 e. The van der Waals surface area contributed by atoms with E-state index in [9.17, 15) is 13.2 Å². The Morgan fingerprint density at radius 2 is 2.00 bits per heavy atom. The first-order valence-electron chi connectivity index (χ1n) is 8.37. The highest BCUT2D eigenvalue weighted by Crippen LogP contribution is 2.35. The first kappa shape index (κ1) is 17.9. The molecule has 1 aromatic heterocycles. The summed E-state index contributed by atoms with van der Waals surface area (Å²) in [6.07, 6.45) is 0.531. The van der Waals surface area contributed by atoms with Gasteiger partial charge in [-0.15, -0.1) is 0 Å². The van der Waals surface area contributed by atoms with Gasteiger partial charge in [0.25, 0.3) is 0 Å². The Morgan fingerprint density at radius 3 is 2.60 bits per heavy atom. The molecule has 0 amide bonds. The van der Waals surface area contributed by atoms with Gasteiger partial charge in [-0.3, -0.25) is 4.79 Å². The average Bonchev–Trinajstić information content (AvgIpc) is 2.95. The van der Waals surface area contributed by atoms with E-state index in [1.54, 1.807) is 0 Å². The lowest BCUT2D eigenvalue weighted by atomic mass is 10.0. The molecule has 6 nitrogen and oxygen atoms in total. The number of nitrogens with one attached hydrogen (secondary N) is 1. The van der Waals surface area contributed by atoms with Gasteiger partial charge in [0.1, 0.15) is 12.1 Å². The minimum Gasteiger partial charge on any atom is -0.459 e. The lowest BCUT2D eigenvalue weighted by molar-refractivity contribution is -0.155. The van der Waals surface area contributed by atoms with Crippen molar-refractivity contribution in [3.05, 3.63) is 35.5 Å². The van der Waals surface area contributed by atoms with Crippen LogP contribution in [0.3, 0.4) is 0 Å². The Bertz CT molecular complexity index is 922. The molecule has 136 valence electrons. The number of carbonyl (C=O) groups excluding carboxylic acids is 1. The quantitative estimate of drug-likeness (QED) is 0.850. The number of para-hydroxylation sites is 1. The number of benzene rings is 1. The summed E-state index contributed by atoms with van der Waals surface area (Å²) < 4.78 is 33.7. The molecule has 0 bridgehead atoms. The fourth-order valence-corrected chi connectivity index (χ4v) is 4.75. The molecule has 1 atom stereocenters. The second-order valence-corrected chi connectivity index (χ2v) is 9.34. The molecule has 7 heteroatoms. The monoisotopic (exact) mass is 364 g/mol. The molecule has 1 aliphatic rings. The van der Waals surface area contributed by atoms with E-state index in [1.165, 1.54) is 0 Å². The van der Waals surface area contributed by atoms with E-state index in [1.807, 2.05) is 56.5 Å². The molecule has 0 radical (unpaired) electrons. The van der Waals surface area contributed by atoms with Gasteiger partial charge in [0.05, 0.1) is 11.8 Å². The van der Waals surface area contributed by atoms with Crippen LogP contribution in [0.15, 0.2) is 24.3 Å². The van der Waals surface area contributed by atoms with E-state index in [-0.39, 0.29) is 24.3 Å². The Balaban J connectivity index is 2.03. The van der Waals surface area contributed by atoms with E-state index in [2.05, 4.69) is 4.72 Å². The van der Waals surface area contributed by atoms with E-state index in [0.717, 1.165) is 22.2 Å². The molecule has 0 aliphatic carbocycles. The van der Waals surface area contributed by atoms with E-state index in [4.69, 9.17) is 4.74 Å². The van der Waals surface area contributed by atoms with Crippen molar-refractivity contribution in [3.63, 3.8) is 0 Å². The molecule has 1 N–H and O–H groups in total. The zero-order valence-electron chi connectivity index (χ0n) is 15.0. The summed E-state index contributed by atoms with van der Waals surface area (Å²) >= 11 is 0. The zero-order chi connectivity index (χ0) is 18.4. The summed E-state index contributed by atoms with van der Waals surface area (Å²) in [5.74, 6) is -0.183. The van der Waals surface area contributed by atoms with Gasteiger partial charge < -0.3 is 9.30 Å². The third-order valence-corrected chi connectivity index (χ3v) is 5.75. The van der Waals surface area contributed by atoms with Crippen molar-refractivity contribution >= 4 is 26.9 Å². The number of carbonyl (C=O) groups is 1. The second kappa shape index (κ2) is 6.14. The van der Waals surface area contributed by atoms with Crippen LogP contribution in [0.2, 0.25) is 0 Å². The third-order valence-electron chi connectivity index (χ3n) is 4.33. The first-order valence-corrected chi connectivity index (χ1v) is 10.0. The molecular formula is C18H24N2O4S. The van der Waals surface area contributed by atoms with Crippen LogP contribution >= 0.6 is 0 Å². The minimum absolute atomic E-state index is 0.100. The number of fused-ring (bicyclic) bond motifs is 1. The Hall–Kier alpha value is -1.86. The summed E-state index contributed by atoms with van der Waals surface area (Å²) in [6.45, 7) is 7.54. The van der Waals surface area contributed by atoms with Gasteiger partial charge in [-0.2, -0.15) is 0 Å². The molecule has 1 aromatic carbocycles. The minimum atomic E-state index is -3.22. The number of hydrogen-bond donors (Lipinski definition) is 1. The molecule has 1 aliphatic heterocycles. The van der Waals surface area contributed by atoms with Crippen LogP contribution < -0.4 is 4.72 Å². The van der Waals surface area contributed by atoms with Crippen LogP contribution in [-0.4, -0.2) is 30.3 Å². The number of sulfonamides is 1. The largest absolute Gasteiger partial charge is 0.459 e. The number of esters is 1. The molecule has 1 unspecified atom stereocenters. The van der Waals surface area contributed by atoms with Crippen LogP contribution in [0.4, 0.5) is 0 Å².